The monoisotopic (exact) mass is 341 g/mol. The van der Waals surface area contributed by atoms with Crippen molar-refractivity contribution in [2.24, 2.45) is 0 Å². The summed E-state index contributed by atoms with van der Waals surface area (Å²) in [5.41, 5.74) is 2.66. The molecule has 1 aliphatic rings. The van der Waals surface area contributed by atoms with E-state index >= 15 is 0 Å². The number of nitrogens with one attached hydrogen (secondary N) is 2. The third-order valence-electron chi connectivity index (χ3n) is 4.44. The Bertz CT molecular complexity index is 731. The molecule has 2 aromatic rings. The Morgan fingerprint density at radius 3 is 2.64 bits per heavy atom. The Hall–Kier alpha value is -2.63. The first-order chi connectivity index (χ1) is 12.1. The zero-order valence-corrected chi connectivity index (χ0v) is 14.4. The minimum Gasteiger partial charge on any atom is -0.353 e. The van der Waals surface area contributed by atoms with Gasteiger partial charge in [0.15, 0.2) is 0 Å². The van der Waals surface area contributed by atoms with Crippen molar-refractivity contribution in [3.63, 3.8) is 0 Å². The van der Waals surface area contributed by atoms with E-state index < -0.39 is 0 Å². The first-order valence-electron chi connectivity index (χ1n) is 8.73. The van der Waals surface area contributed by atoms with Crippen LogP contribution in [0.1, 0.15) is 48.2 Å². The normalized spacial score (nSPS) is 14.4. The number of aryl methyl sites for hydroxylation is 1. The highest BCUT2D eigenvalue weighted by Crippen LogP contribution is 2.19. The van der Waals surface area contributed by atoms with Gasteiger partial charge < -0.3 is 15.2 Å². The molecule has 0 atom stereocenters. The van der Waals surface area contributed by atoms with Gasteiger partial charge in [-0.2, -0.15) is 0 Å². The van der Waals surface area contributed by atoms with Crippen LogP contribution in [0.5, 0.6) is 0 Å². The van der Waals surface area contributed by atoms with Crippen LogP contribution >= 0.6 is 0 Å². The van der Waals surface area contributed by atoms with Gasteiger partial charge in [0.2, 0.25) is 11.7 Å². The molecular weight excluding hydrogens is 318 g/mol. The van der Waals surface area contributed by atoms with E-state index in [0.29, 0.717) is 11.7 Å². The van der Waals surface area contributed by atoms with Gasteiger partial charge >= 0.3 is 0 Å². The summed E-state index contributed by atoms with van der Waals surface area (Å²) in [5.74, 6) is -0.239. The summed E-state index contributed by atoms with van der Waals surface area (Å²) in [6.07, 6.45) is 4.73. The number of nitrogens with zero attached hydrogens (tertiary/aromatic N) is 1. The smallest absolute Gasteiger partial charge is 0.289 e. The van der Waals surface area contributed by atoms with Crippen LogP contribution in [0.15, 0.2) is 34.9 Å². The molecule has 132 valence electrons. The summed E-state index contributed by atoms with van der Waals surface area (Å²) in [6.45, 7) is 2.28. The van der Waals surface area contributed by atoms with Crippen molar-refractivity contribution < 1.29 is 14.1 Å². The first kappa shape index (κ1) is 17.2. The Morgan fingerprint density at radius 2 is 1.92 bits per heavy atom. The summed E-state index contributed by atoms with van der Waals surface area (Å²) in [5, 5.41) is 9.63. The zero-order chi connectivity index (χ0) is 17.6. The number of rotatable bonds is 6. The average molecular weight is 341 g/mol. The molecule has 25 heavy (non-hydrogen) atoms. The second kappa shape index (κ2) is 7.96. The molecule has 0 saturated heterocycles. The minimum absolute atomic E-state index is 0.0230. The number of aromatic nitrogens is 1. The molecule has 1 aliphatic carbocycles. The maximum Gasteiger partial charge on any atom is 0.289 e. The molecule has 1 heterocycles. The molecule has 0 aliphatic heterocycles. The van der Waals surface area contributed by atoms with Crippen molar-refractivity contribution in [3.05, 3.63) is 41.7 Å². The summed E-state index contributed by atoms with van der Waals surface area (Å²) in [7, 11) is 0. The van der Waals surface area contributed by atoms with E-state index in [1.807, 2.05) is 31.2 Å². The Balaban J connectivity index is 1.47. The molecule has 6 heteroatoms. The van der Waals surface area contributed by atoms with Gasteiger partial charge in [0.05, 0.1) is 0 Å². The van der Waals surface area contributed by atoms with Gasteiger partial charge in [-0.3, -0.25) is 9.59 Å². The molecule has 3 rings (SSSR count). The van der Waals surface area contributed by atoms with E-state index in [9.17, 15) is 9.59 Å². The first-order valence-corrected chi connectivity index (χ1v) is 8.73. The molecule has 6 nitrogen and oxygen atoms in total. The molecule has 1 aromatic carbocycles. The highest BCUT2D eigenvalue weighted by Gasteiger charge is 2.18. The van der Waals surface area contributed by atoms with E-state index in [4.69, 9.17) is 4.52 Å². The summed E-state index contributed by atoms with van der Waals surface area (Å²) in [4.78, 5) is 23.9. The Morgan fingerprint density at radius 1 is 1.20 bits per heavy atom. The zero-order valence-electron chi connectivity index (χ0n) is 14.4. The van der Waals surface area contributed by atoms with Crippen molar-refractivity contribution >= 4 is 11.8 Å². The van der Waals surface area contributed by atoms with Crippen LogP contribution in [0.2, 0.25) is 0 Å². The van der Waals surface area contributed by atoms with Crippen LogP contribution in [0.25, 0.3) is 11.3 Å². The van der Waals surface area contributed by atoms with Gasteiger partial charge in [0.1, 0.15) is 5.69 Å². The number of hydrogen-bond donors (Lipinski definition) is 2. The molecular formula is C19H23N3O3. The summed E-state index contributed by atoms with van der Waals surface area (Å²) < 4.78 is 5.11. The molecule has 2 amide bonds. The number of carbonyl (C=O) groups is 2. The lowest BCUT2D eigenvalue weighted by atomic mass is 10.1. The number of benzene rings is 1. The predicted molar refractivity (Wildman–Crippen MR) is 94.0 cm³/mol. The molecule has 0 spiro atoms. The van der Waals surface area contributed by atoms with Crippen LogP contribution in [-0.4, -0.2) is 29.6 Å². The lowest BCUT2D eigenvalue weighted by Gasteiger charge is -2.11. The molecule has 1 fully saturated rings. The van der Waals surface area contributed by atoms with Gasteiger partial charge in [0.25, 0.3) is 5.91 Å². The lowest BCUT2D eigenvalue weighted by Crippen LogP contribution is -2.35. The molecule has 2 N–H and O–H groups in total. The van der Waals surface area contributed by atoms with Crippen LogP contribution in [0.4, 0.5) is 0 Å². The highest BCUT2D eigenvalue weighted by atomic mass is 16.5. The second-order valence-electron chi connectivity index (χ2n) is 6.50. The maximum atomic E-state index is 12.1. The van der Waals surface area contributed by atoms with E-state index in [1.54, 1.807) is 6.07 Å². The van der Waals surface area contributed by atoms with Crippen LogP contribution in [0, 0.1) is 6.92 Å². The molecule has 1 aromatic heterocycles. The van der Waals surface area contributed by atoms with Gasteiger partial charge in [0, 0.05) is 30.6 Å². The third kappa shape index (κ3) is 4.68. The predicted octanol–water partition coefficient (Wildman–Crippen LogP) is 2.83. The molecule has 0 radical (unpaired) electrons. The topological polar surface area (TPSA) is 84.2 Å². The van der Waals surface area contributed by atoms with Gasteiger partial charge in [-0.1, -0.05) is 47.8 Å². The summed E-state index contributed by atoms with van der Waals surface area (Å²) in [6, 6.07) is 9.73. The van der Waals surface area contributed by atoms with E-state index in [0.717, 1.165) is 24.0 Å². The fraction of sp³-hybridized carbons (Fsp3) is 0.421. The Labute approximate surface area is 147 Å². The maximum absolute atomic E-state index is 12.1. The van der Waals surface area contributed by atoms with E-state index in [-0.39, 0.29) is 30.5 Å². The SMILES string of the molecule is Cc1ccc(-c2cc(C(=O)NCCC(=O)NC3CCCC3)on2)cc1. The van der Waals surface area contributed by atoms with E-state index in [2.05, 4.69) is 15.8 Å². The molecule has 0 unspecified atom stereocenters. The Kier molecular flexibility index (Phi) is 5.48. The number of amides is 2. The van der Waals surface area contributed by atoms with Crippen LogP contribution in [-0.2, 0) is 4.79 Å². The van der Waals surface area contributed by atoms with Crippen molar-refractivity contribution in [3.8, 4) is 11.3 Å². The highest BCUT2D eigenvalue weighted by molar-refractivity contribution is 5.92. The molecule has 0 bridgehead atoms. The largest absolute Gasteiger partial charge is 0.353 e. The van der Waals surface area contributed by atoms with Crippen molar-refractivity contribution in [2.45, 2.75) is 45.1 Å². The van der Waals surface area contributed by atoms with Crippen LogP contribution < -0.4 is 10.6 Å². The standard InChI is InChI=1S/C19H23N3O3/c1-13-6-8-14(9-7-13)16-12-17(25-22-16)19(24)20-11-10-18(23)21-15-4-2-3-5-15/h6-9,12,15H,2-5,10-11H2,1H3,(H,20,24)(H,21,23). The quantitative estimate of drug-likeness (QED) is 0.846. The summed E-state index contributed by atoms with van der Waals surface area (Å²) >= 11 is 0. The van der Waals surface area contributed by atoms with E-state index in [1.165, 1.54) is 12.8 Å². The fourth-order valence-corrected chi connectivity index (χ4v) is 2.99. The molecule has 1 saturated carbocycles. The van der Waals surface area contributed by atoms with Crippen molar-refractivity contribution in [1.29, 1.82) is 0 Å². The van der Waals surface area contributed by atoms with Crippen molar-refractivity contribution in [2.75, 3.05) is 6.54 Å². The van der Waals surface area contributed by atoms with Gasteiger partial charge in [-0.15, -0.1) is 0 Å². The number of hydrogen-bond acceptors (Lipinski definition) is 4. The minimum atomic E-state index is -0.362. The average Bonchev–Trinajstić information content (AvgIpc) is 3.27. The van der Waals surface area contributed by atoms with Gasteiger partial charge in [-0.05, 0) is 19.8 Å². The second-order valence-corrected chi connectivity index (χ2v) is 6.50. The van der Waals surface area contributed by atoms with Crippen molar-refractivity contribution in [1.82, 2.24) is 15.8 Å². The number of carbonyl (C=O) groups excluding carboxylic acids is 2. The lowest BCUT2D eigenvalue weighted by molar-refractivity contribution is -0.121. The third-order valence-corrected chi connectivity index (χ3v) is 4.44. The van der Waals surface area contributed by atoms with Gasteiger partial charge in [-0.25, -0.2) is 0 Å². The van der Waals surface area contributed by atoms with Crippen LogP contribution in [0.3, 0.4) is 0 Å². The fourth-order valence-electron chi connectivity index (χ4n) is 2.99.